The molecule has 0 aliphatic carbocycles. The molecule has 0 saturated heterocycles. The van der Waals surface area contributed by atoms with E-state index in [-0.39, 0.29) is 0 Å². The van der Waals surface area contributed by atoms with Crippen molar-refractivity contribution in [1.82, 2.24) is 0 Å². The summed E-state index contributed by atoms with van der Waals surface area (Å²) in [6.45, 7) is 0. The molecule has 0 rings (SSSR count). The minimum absolute atomic E-state index is 1.98. The van der Waals surface area contributed by atoms with Crippen LogP contribution >= 0.6 is 0 Å². The Morgan fingerprint density at radius 3 is 1.50 bits per heavy atom. The van der Waals surface area contributed by atoms with Crippen molar-refractivity contribution in [1.29, 1.82) is 0 Å². The molecule has 0 N–H and O–H groups in total. The number of alkyl halides is 3. The van der Waals surface area contributed by atoms with Crippen LogP contribution in [0.4, 0.5) is 25.5 Å². The first-order valence-electron chi connectivity index (χ1n) is 2.04. The normalized spacial score (nSPS) is 14.8. The molecule has 0 aliphatic rings. The summed E-state index contributed by atoms with van der Waals surface area (Å²) in [7, 11) is -13.7. The van der Waals surface area contributed by atoms with Crippen molar-refractivity contribution >= 4 is 19.4 Å². The standard InChI is InChI=1S/CF6O3SSi/c2-1(3,4)11(8,9)10-12(5,6)7. The molecule has 12 heavy (non-hydrogen) atoms. The molecule has 0 unspecified atom stereocenters. The van der Waals surface area contributed by atoms with Gasteiger partial charge < -0.3 is 0 Å². The van der Waals surface area contributed by atoms with Crippen LogP contribution in [0.15, 0.2) is 0 Å². The second kappa shape index (κ2) is 2.88. The monoisotopic (exact) mass is 234 g/mol. The van der Waals surface area contributed by atoms with Crippen molar-refractivity contribution in [2.45, 2.75) is 5.51 Å². The van der Waals surface area contributed by atoms with E-state index < -0.39 is 24.9 Å². The Morgan fingerprint density at radius 1 is 1.08 bits per heavy atom. The summed E-state index contributed by atoms with van der Waals surface area (Å²) in [6.07, 6.45) is 0. The largest absolute Gasteiger partial charge is 0.817 e. The third kappa shape index (κ3) is 3.40. The first kappa shape index (κ1) is 11.7. The summed E-state index contributed by atoms with van der Waals surface area (Å²) in [5.74, 6) is 0. The molecular formula is CF6O3SSi. The molecule has 0 fully saturated rings. The first-order chi connectivity index (χ1) is 4.96. The van der Waals surface area contributed by atoms with Crippen molar-refractivity contribution in [2.24, 2.45) is 0 Å². The lowest BCUT2D eigenvalue weighted by Crippen LogP contribution is -2.34. The van der Waals surface area contributed by atoms with Gasteiger partial charge >= 0.3 is 24.9 Å². The zero-order valence-corrected chi connectivity index (χ0v) is 6.72. The zero-order chi connectivity index (χ0) is 10.2. The van der Waals surface area contributed by atoms with E-state index in [2.05, 4.69) is 0 Å². The average molecular weight is 234 g/mol. The molecule has 0 radical (unpaired) electrons. The van der Waals surface area contributed by atoms with Gasteiger partial charge in [0.25, 0.3) is 0 Å². The van der Waals surface area contributed by atoms with Gasteiger partial charge in [-0.15, -0.1) is 0 Å². The fraction of sp³-hybridized carbons (Fsp3) is 1.00. The average Bonchev–Trinajstić information content (AvgIpc) is 1.52. The molecule has 11 heteroatoms. The molecule has 0 bridgehead atoms. The van der Waals surface area contributed by atoms with Gasteiger partial charge in [-0.1, -0.05) is 0 Å². The van der Waals surface area contributed by atoms with E-state index in [1.807, 2.05) is 3.87 Å². The summed E-state index contributed by atoms with van der Waals surface area (Å²) < 4.78 is 88.1. The van der Waals surface area contributed by atoms with Gasteiger partial charge in [0.15, 0.2) is 0 Å². The lowest BCUT2D eigenvalue weighted by atomic mass is 11.6. The highest BCUT2D eigenvalue weighted by atomic mass is 32.2. The topological polar surface area (TPSA) is 43.4 Å². The molecule has 0 amide bonds. The lowest BCUT2D eigenvalue weighted by Gasteiger charge is -2.07. The molecule has 0 heterocycles. The fourth-order valence-corrected chi connectivity index (χ4v) is 1.54. The van der Waals surface area contributed by atoms with Gasteiger partial charge in [-0.3, -0.25) is 0 Å². The molecule has 0 spiro atoms. The van der Waals surface area contributed by atoms with Crippen LogP contribution in [-0.2, 0) is 14.0 Å². The molecule has 74 valence electrons. The van der Waals surface area contributed by atoms with E-state index in [1.54, 1.807) is 0 Å². The van der Waals surface area contributed by atoms with E-state index in [0.717, 1.165) is 0 Å². The Kier molecular flexibility index (Phi) is 2.81. The van der Waals surface area contributed by atoms with Gasteiger partial charge in [0.2, 0.25) is 0 Å². The second-order valence-electron chi connectivity index (χ2n) is 1.43. The summed E-state index contributed by atoms with van der Waals surface area (Å²) in [5.41, 5.74) is -6.03. The Bertz CT molecular complexity index is 247. The van der Waals surface area contributed by atoms with Crippen LogP contribution in [0.1, 0.15) is 0 Å². The fourth-order valence-electron chi connectivity index (χ4n) is 0.172. The molecular weight excluding hydrogens is 234 g/mol. The van der Waals surface area contributed by atoms with E-state index in [1.165, 1.54) is 0 Å². The highest BCUT2D eigenvalue weighted by Gasteiger charge is 2.57. The van der Waals surface area contributed by atoms with Crippen molar-refractivity contribution in [3.8, 4) is 0 Å². The molecule has 0 aromatic rings. The Hall–Kier alpha value is -0.293. The number of hydrogen-bond acceptors (Lipinski definition) is 3. The van der Waals surface area contributed by atoms with Crippen molar-refractivity contribution in [3.05, 3.63) is 0 Å². The summed E-state index contributed by atoms with van der Waals surface area (Å²) in [6, 6.07) is 0. The predicted molar refractivity (Wildman–Crippen MR) is 25.1 cm³/mol. The van der Waals surface area contributed by atoms with Crippen molar-refractivity contribution in [2.75, 3.05) is 0 Å². The quantitative estimate of drug-likeness (QED) is 0.312. The Balaban J connectivity index is 4.70. The molecule has 0 aliphatic heterocycles. The smallest absolute Gasteiger partial charge is 0.219 e. The maximum Gasteiger partial charge on any atom is 0.817 e. The predicted octanol–water partition coefficient (Wildman–Crippen LogP) is 1.20. The van der Waals surface area contributed by atoms with Crippen LogP contribution in [0.5, 0.6) is 0 Å². The summed E-state index contributed by atoms with van der Waals surface area (Å²) in [5, 5.41) is 0. The molecule has 0 aromatic carbocycles. The highest BCUT2D eigenvalue weighted by Crippen LogP contribution is 2.28. The van der Waals surface area contributed by atoms with Gasteiger partial charge in [0.1, 0.15) is 0 Å². The number of halogens is 6. The Morgan fingerprint density at radius 2 is 1.42 bits per heavy atom. The van der Waals surface area contributed by atoms with E-state index in [4.69, 9.17) is 0 Å². The van der Waals surface area contributed by atoms with Gasteiger partial charge in [0.05, 0.1) is 0 Å². The molecule has 0 atom stereocenters. The number of rotatable bonds is 2. The van der Waals surface area contributed by atoms with Crippen molar-refractivity contribution < 1.29 is 37.8 Å². The molecule has 3 nitrogen and oxygen atoms in total. The van der Waals surface area contributed by atoms with Gasteiger partial charge in [-0.25, -0.2) is 16.2 Å². The van der Waals surface area contributed by atoms with Gasteiger partial charge in [-0.05, 0) is 0 Å². The van der Waals surface area contributed by atoms with E-state index >= 15 is 0 Å². The maximum atomic E-state index is 11.2. The SMILES string of the molecule is O=S(=O)(O[Si](F)(F)F)C(F)(F)F. The lowest BCUT2D eigenvalue weighted by molar-refractivity contribution is -0.0519. The van der Waals surface area contributed by atoms with Gasteiger partial charge in [0, 0.05) is 0 Å². The van der Waals surface area contributed by atoms with Crippen molar-refractivity contribution in [3.63, 3.8) is 0 Å². The molecule has 0 aromatic heterocycles. The van der Waals surface area contributed by atoms with Crippen LogP contribution in [0.2, 0.25) is 0 Å². The number of hydrogen-bond donors (Lipinski definition) is 0. The summed E-state index contributed by atoms with van der Waals surface area (Å²) >= 11 is 0. The molecule has 0 saturated carbocycles. The van der Waals surface area contributed by atoms with Crippen LogP contribution in [0.3, 0.4) is 0 Å². The minimum Gasteiger partial charge on any atom is -0.219 e. The first-order valence-corrected chi connectivity index (χ1v) is 4.99. The van der Waals surface area contributed by atoms with Crippen LogP contribution < -0.4 is 0 Å². The van der Waals surface area contributed by atoms with Crippen LogP contribution in [-0.4, -0.2) is 23.2 Å². The third-order valence-corrected chi connectivity index (χ3v) is 2.69. The Labute approximate surface area is 63.7 Å². The van der Waals surface area contributed by atoms with Crippen LogP contribution in [0, 0.1) is 0 Å². The van der Waals surface area contributed by atoms with Crippen LogP contribution in [0.25, 0.3) is 0 Å². The summed E-state index contributed by atoms with van der Waals surface area (Å²) in [4.78, 5) is 0. The van der Waals surface area contributed by atoms with E-state index in [0.29, 0.717) is 0 Å². The van der Waals surface area contributed by atoms with E-state index in [9.17, 15) is 33.9 Å². The third-order valence-electron chi connectivity index (χ3n) is 0.488. The second-order valence-corrected chi connectivity index (χ2v) is 4.36. The minimum atomic E-state index is -7.21. The zero-order valence-electron chi connectivity index (χ0n) is 4.90. The van der Waals surface area contributed by atoms with Gasteiger partial charge in [-0.2, -0.15) is 21.6 Å². The highest BCUT2D eigenvalue weighted by molar-refractivity contribution is 7.88. The maximum absolute atomic E-state index is 11.2.